The molecule has 0 aliphatic carbocycles. The Hall–Kier alpha value is -1.14. The Bertz CT molecular complexity index is 472. The number of rotatable bonds is 4. The van der Waals surface area contributed by atoms with E-state index in [4.69, 9.17) is 4.74 Å². The van der Waals surface area contributed by atoms with Crippen molar-refractivity contribution in [2.75, 3.05) is 52.4 Å². The van der Waals surface area contributed by atoms with Gasteiger partial charge in [-0.05, 0) is 38.8 Å². The van der Waals surface area contributed by atoms with Crippen molar-refractivity contribution in [2.24, 2.45) is 11.8 Å². The highest BCUT2D eigenvalue weighted by molar-refractivity contribution is 5.86. The van der Waals surface area contributed by atoms with Crippen LogP contribution in [0.25, 0.3) is 0 Å². The third-order valence-electron chi connectivity index (χ3n) is 5.93. The molecule has 6 nitrogen and oxygen atoms in total. The maximum atomic E-state index is 12.6. The Balaban J connectivity index is 1.29. The van der Waals surface area contributed by atoms with Gasteiger partial charge in [0.1, 0.15) is 6.10 Å². The molecular weight excluding hydrogens is 294 g/mol. The molecule has 4 aliphatic heterocycles. The normalized spacial score (nSPS) is 34.6. The summed E-state index contributed by atoms with van der Waals surface area (Å²) < 4.78 is 5.50. The molecule has 4 rings (SSSR count). The molecule has 23 heavy (non-hydrogen) atoms. The number of nitrogens with zero attached hydrogens (tertiary/aromatic N) is 3. The summed E-state index contributed by atoms with van der Waals surface area (Å²) in [6, 6.07) is 0. The van der Waals surface area contributed by atoms with Crippen molar-refractivity contribution in [3.63, 3.8) is 0 Å². The van der Waals surface area contributed by atoms with Crippen molar-refractivity contribution in [3.8, 4) is 0 Å². The fourth-order valence-corrected chi connectivity index (χ4v) is 4.57. The quantitative estimate of drug-likeness (QED) is 0.741. The SMILES string of the molecule is O=C1[C@H]2CN(C(=O)[C@H]3CCCO3)C[C@H]2CN1CCN1CCCC1. The van der Waals surface area contributed by atoms with Crippen LogP contribution in [0.1, 0.15) is 25.7 Å². The van der Waals surface area contributed by atoms with E-state index >= 15 is 0 Å². The van der Waals surface area contributed by atoms with Crippen molar-refractivity contribution < 1.29 is 14.3 Å². The topological polar surface area (TPSA) is 53.1 Å². The fourth-order valence-electron chi connectivity index (χ4n) is 4.57. The largest absolute Gasteiger partial charge is 0.368 e. The van der Waals surface area contributed by atoms with Gasteiger partial charge in [0.15, 0.2) is 0 Å². The zero-order valence-electron chi connectivity index (χ0n) is 13.8. The molecule has 2 amide bonds. The molecule has 0 spiro atoms. The van der Waals surface area contributed by atoms with Crippen LogP contribution in [0.3, 0.4) is 0 Å². The molecule has 0 aromatic rings. The van der Waals surface area contributed by atoms with Crippen molar-refractivity contribution in [1.29, 1.82) is 0 Å². The van der Waals surface area contributed by atoms with Crippen LogP contribution in [0, 0.1) is 11.8 Å². The number of fused-ring (bicyclic) bond motifs is 1. The van der Waals surface area contributed by atoms with Gasteiger partial charge in [-0.3, -0.25) is 9.59 Å². The summed E-state index contributed by atoms with van der Waals surface area (Å²) in [5, 5.41) is 0. The highest BCUT2D eigenvalue weighted by atomic mass is 16.5. The van der Waals surface area contributed by atoms with Gasteiger partial charge in [-0.25, -0.2) is 0 Å². The molecular formula is C17H27N3O3. The average molecular weight is 321 g/mol. The van der Waals surface area contributed by atoms with Gasteiger partial charge in [0.25, 0.3) is 5.91 Å². The molecule has 0 aromatic heterocycles. The highest BCUT2D eigenvalue weighted by Crippen LogP contribution is 2.33. The van der Waals surface area contributed by atoms with Crippen LogP contribution < -0.4 is 0 Å². The predicted octanol–water partition coefficient (Wildman–Crippen LogP) is 0.178. The van der Waals surface area contributed by atoms with E-state index in [1.54, 1.807) is 0 Å². The molecule has 0 radical (unpaired) electrons. The lowest BCUT2D eigenvalue weighted by Crippen LogP contribution is -2.41. The number of ether oxygens (including phenoxy) is 1. The molecule has 0 N–H and O–H groups in total. The molecule has 4 heterocycles. The Kier molecular flexibility index (Phi) is 4.28. The fraction of sp³-hybridized carbons (Fsp3) is 0.882. The first-order valence-corrected chi connectivity index (χ1v) is 9.14. The molecule has 4 saturated heterocycles. The van der Waals surface area contributed by atoms with E-state index in [2.05, 4.69) is 4.90 Å². The van der Waals surface area contributed by atoms with Crippen LogP contribution in [-0.2, 0) is 14.3 Å². The minimum atomic E-state index is -0.254. The van der Waals surface area contributed by atoms with Gasteiger partial charge >= 0.3 is 0 Å². The van der Waals surface area contributed by atoms with Gasteiger partial charge in [-0.1, -0.05) is 0 Å². The average Bonchev–Trinajstić information content (AvgIpc) is 3.32. The zero-order chi connectivity index (χ0) is 15.8. The molecule has 128 valence electrons. The summed E-state index contributed by atoms with van der Waals surface area (Å²) in [5.41, 5.74) is 0. The van der Waals surface area contributed by atoms with Crippen LogP contribution >= 0.6 is 0 Å². The Morgan fingerprint density at radius 3 is 2.61 bits per heavy atom. The lowest BCUT2D eigenvalue weighted by Gasteiger charge is -2.25. The molecule has 0 saturated carbocycles. The number of hydrogen-bond acceptors (Lipinski definition) is 4. The maximum absolute atomic E-state index is 12.6. The molecule has 0 aromatic carbocycles. The number of likely N-dealkylation sites (tertiary alicyclic amines) is 3. The molecule has 4 fully saturated rings. The Morgan fingerprint density at radius 1 is 1.09 bits per heavy atom. The Labute approximate surface area is 137 Å². The van der Waals surface area contributed by atoms with E-state index < -0.39 is 0 Å². The minimum absolute atomic E-state index is 0.0268. The van der Waals surface area contributed by atoms with E-state index in [1.165, 1.54) is 25.9 Å². The molecule has 4 aliphatic rings. The van der Waals surface area contributed by atoms with Crippen molar-refractivity contribution >= 4 is 11.8 Å². The van der Waals surface area contributed by atoms with Crippen LogP contribution in [0.4, 0.5) is 0 Å². The molecule has 3 atom stereocenters. The first kappa shape index (κ1) is 15.4. The lowest BCUT2D eigenvalue weighted by atomic mass is 10.0. The summed E-state index contributed by atoms with van der Waals surface area (Å²) in [4.78, 5) is 31.4. The second-order valence-electron chi connectivity index (χ2n) is 7.44. The number of carbonyl (C=O) groups is 2. The number of carbonyl (C=O) groups excluding carboxylic acids is 2. The molecule has 6 heteroatoms. The van der Waals surface area contributed by atoms with Crippen molar-refractivity contribution in [1.82, 2.24) is 14.7 Å². The summed E-state index contributed by atoms with van der Waals surface area (Å²) in [6.45, 7) is 7.07. The van der Waals surface area contributed by atoms with Gasteiger partial charge in [0, 0.05) is 45.2 Å². The second-order valence-corrected chi connectivity index (χ2v) is 7.44. The maximum Gasteiger partial charge on any atom is 0.251 e. The monoisotopic (exact) mass is 321 g/mol. The predicted molar refractivity (Wildman–Crippen MR) is 84.8 cm³/mol. The van der Waals surface area contributed by atoms with E-state index in [1.807, 2.05) is 9.80 Å². The van der Waals surface area contributed by atoms with Crippen LogP contribution in [0.5, 0.6) is 0 Å². The second kappa shape index (κ2) is 6.40. The summed E-state index contributed by atoms with van der Waals surface area (Å²) >= 11 is 0. The lowest BCUT2D eigenvalue weighted by molar-refractivity contribution is -0.140. The van der Waals surface area contributed by atoms with Crippen LogP contribution in [0.2, 0.25) is 0 Å². The zero-order valence-corrected chi connectivity index (χ0v) is 13.8. The standard InChI is InChI=1S/C17H27N3O3/c21-16-14-12-20(17(22)15-4-3-9-23-15)11-13(14)10-19(16)8-7-18-5-1-2-6-18/h13-15H,1-12H2/t13-,14+,15-/m1/s1. The van der Waals surface area contributed by atoms with Crippen molar-refractivity contribution in [3.05, 3.63) is 0 Å². The summed E-state index contributed by atoms with van der Waals surface area (Å²) in [5.74, 6) is 0.718. The van der Waals surface area contributed by atoms with E-state index in [0.717, 1.165) is 39.0 Å². The number of amides is 2. The van der Waals surface area contributed by atoms with E-state index in [9.17, 15) is 9.59 Å². The van der Waals surface area contributed by atoms with Gasteiger partial charge in [-0.2, -0.15) is 0 Å². The van der Waals surface area contributed by atoms with Gasteiger partial charge < -0.3 is 19.4 Å². The minimum Gasteiger partial charge on any atom is -0.368 e. The van der Waals surface area contributed by atoms with Crippen LogP contribution in [-0.4, -0.2) is 85.0 Å². The third-order valence-corrected chi connectivity index (χ3v) is 5.93. The Morgan fingerprint density at radius 2 is 1.91 bits per heavy atom. The van der Waals surface area contributed by atoms with Crippen LogP contribution in [0.15, 0.2) is 0 Å². The third kappa shape index (κ3) is 2.98. The first-order chi connectivity index (χ1) is 11.2. The first-order valence-electron chi connectivity index (χ1n) is 9.14. The molecule has 0 unspecified atom stereocenters. The van der Waals surface area contributed by atoms with Crippen molar-refractivity contribution in [2.45, 2.75) is 31.8 Å². The summed E-state index contributed by atoms with van der Waals surface area (Å²) in [6.07, 6.45) is 4.13. The molecule has 0 bridgehead atoms. The highest BCUT2D eigenvalue weighted by Gasteiger charge is 2.48. The summed E-state index contributed by atoms with van der Waals surface area (Å²) in [7, 11) is 0. The van der Waals surface area contributed by atoms with Gasteiger partial charge in [-0.15, -0.1) is 0 Å². The van der Waals surface area contributed by atoms with Gasteiger partial charge in [0.05, 0.1) is 5.92 Å². The number of hydrogen-bond donors (Lipinski definition) is 0. The van der Waals surface area contributed by atoms with Gasteiger partial charge in [0.2, 0.25) is 5.91 Å². The van der Waals surface area contributed by atoms with E-state index in [-0.39, 0.29) is 23.8 Å². The van der Waals surface area contributed by atoms with E-state index in [0.29, 0.717) is 19.1 Å². The smallest absolute Gasteiger partial charge is 0.251 e.